The third kappa shape index (κ3) is 3.31. The van der Waals surface area contributed by atoms with Crippen molar-refractivity contribution in [2.24, 2.45) is 0 Å². The van der Waals surface area contributed by atoms with Crippen LogP contribution in [0.5, 0.6) is 0 Å². The van der Waals surface area contributed by atoms with E-state index in [0.29, 0.717) is 18.6 Å². The van der Waals surface area contributed by atoms with Gasteiger partial charge in [0.15, 0.2) is 6.29 Å². The average molecular weight is 280 g/mol. The number of carbonyl (C=O) groups excluding carboxylic acids is 1. The highest BCUT2D eigenvalue weighted by Crippen LogP contribution is 2.21. The molecule has 1 aliphatic heterocycles. The number of carbonyl (C=O) groups is 1. The van der Waals surface area contributed by atoms with E-state index in [1.165, 1.54) is 25.1 Å². The zero-order valence-corrected chi connectivity index (χ0v) is 11.1. The highest BCUT2D eigenvalue weighted by molar-refractivity contribution is 5.95. The number of amides is 1. The maximum atomic E-state index is 12.0. The largest absolute Gasteiger partial charge is 0.350 e. The molecular weight excluding hydrogens is 264 g/mol. The van der Waals surface area contributed by atoms with Gasteiger partial charge in [-0.25, -0.2) is 10.3 Å². The number of rotatable bonds is 4. The molecule has 1 aromatic rings. The summed E-state index contributed by atoms with van der Waals surface area (Å²) in [5.41, 5.74) is 2.72. The predicted molar refractivity (Wildman–Crippen MR) is 70.0 cm³/mol. The van der Waals surface area contributed by atoms with Crippen molar-refractivity contribution in [1.29, 1.82) is 0 Å². The molecule has 20 heavy (non-hydrogen) atoms. The summed E-state index contributed by atoms with van der Waals surface area (Å²) in [4.78, 5) is 27.4. The molecule has 1 N–H and O–H groups in total. The molecular formula is C13H16N2O5. The highest BCUT2D eigenvalue weighted by Gasteiger charge is 2.20. The molecule has 1 amide bonds. The van der Waals surface area contributed by atoms with E-state index in [2.05, 4.69) is 5.48 Å². The molecule has 7 heteroatoms. The molecule has 108 valence electrons. The fourth-order valence-electron chi connectivity index (χ4n) is 2.05. The van der Waals surface area contributed by atoms with E-state index in [-0.39, 0.29) is 11.3 Å². The Kier molecular flexibility index (Phi) is 4.65. The van der Waals surface area contributed by atoms with E-state index in [0.717, 1.165) is 12.8 Å². The second-order valence-corrected chi connectivity index (χ2v) is 4.55. The second kappa shape index (κ2) is 6.44. The van der Waals surface area contributed by atoms with Gasteiger partial charge in [-0.3, -0.25) is 14.9 Å². The first-order valence-corrected chi connectivity index (χ1v) is 6.41. The number of benzene rings is 1. The van der Waals surface area contributed by atoms with E-state index in [4.69, 9.17) is 9.57 Å². The predicted octanol–water partition coefficient (Wildman–Crippen LogP) is 2.09. The summed E-state index contributed by atoms with van der Waals surface area (Å²) in [5.74, 6) is -0.514. The Hall–Kier alpha value is -1.99. The Morgan fingerprint density at radius 3 is 2.95 bits per heavy atom. The van der Waals surface area contributed by atoms with E-state index < -0.39 is 17.1 Å². The van der Waals surface area contributed by atoms with Crippen molar-refractivity contribution in [1.82, 2.24) is 5.48 Å². The third-order valence-corrected chi connectivity index (χ3v) is 3.17. The summed E-state index contributed by atoms with van der Waals surface area (Å²) in [6.07, 6.45) is 2.23. The SMILES string of the molecule is Cc1c(C(=O)NO[C@H]2CCCCO2)cccc1[N+](=O)[O-]. The van der Waals surface area contributed by atoms with Gasteiger partial charge in [-0.1, -0.05) is 6.07 Å². The van der Waals surface area contributed by atoms with Crippen LogP contribution in [0.15, 0.2) is 18.2 Å². The van der Waals surface area contributed by atoms with Crippen molar-refractivity contribution in [3.8, 4) is 0 Å². The highest BCUT2D eigenvalue weighted by atomic mass is 16.8. The minimum atomic E-state index is -0.517. The van der Waals surface area contributed by atoms with Gasteiger partial charge in [0.05, 0.1) is 10.5 Å². The Morgan fingerprint density at radius 1 is 1.50 bits per heavy atom. The van der Waals surface area contributed by atoms with Gasteiger partial charge in [-0.15, -0.1) is 0 Å². The molecule has 0 unspecified atom stereocenters. The number of nitro groups is 1. The van der Waals surface area contributed by atoms with Gasteiger partial charge in [-0.2, -0.15) is 0 Å². The molecule has 7 nitrogen and oxygen atoms in total. The van der Waals surface area contributed by atoms with Crippen LogP contribution < -0.4 is 5.48 Å². The zero-order chi connectivity index (χ0) is 14.5. The summed E-state index contributed by atoms with van der Waals surface area (Å²) in [6.45, 7) is 2.14. The van der Waals surface area contributed by atoms with E-state index in [1.54, 1.807) is 0 Å². The molecule has 0 radical (unpaired) electrons. The topological polar surface area (TPSA) is 90.7 Å². The molecule has 0 spiro atoms. The Bertz CT molecular complexity index is 511. The first kappa shape index (κ1) is 14.4. The van der Waals surface area contributed by atoms with Crippen LogP contribution in [0, 0.1) is 17.0 Å². The molecule has 2 rings (SSSR count). The summed E-state index contributed by atoms with van der Waals surface area (Å²) < 4.78 is 5.31. The van der Waals surface area contributed by atoms with Crippen LogP contribution in [-0.2, 0) is 9.57 Å². The Labute approximate surface area is 116 Å². The fourth-order valence-corrected chi connectivity index (χ4v) is 2.05. The Balaban J connectivity index is 2.01. The lowest BCUT2D eigenvalue weighted by Crippen LogP contribution is -2.33. The number of hydrogen-bond acceptors (Lipinski definition) is 5. The van der Waals surface area contributed by atoms with Crippen molar-refractivity contribution < 1.29 is 19.3 Å². The maximum Gasteiger partial charge on any atom is 0.275 e. The first-order chi connectivity index (χ1) is 9.59. The number of ether oxygens (including phenoxy) is 1. The molecule has 1 fully saturated rings. The summed E-state index contributed by atoms with van der Waals surface area (Å²) in [7, 11) is 0. The minimum Gasteiger partial charge on any atom is -0.350 e. The quantitative estimate of drug-likeness (QED) is 0.673. The molecule has 0 bridgehead atoms. The number of hydrogen-bond donors (Lipinski definition) is 1. The van der Waals surface area contributed by atoms with E-state index in [1.807, 2.05) is 0 Å². The van der Waals surface area contributed by atoms with Gasteiger partial charge < -0.3 is 4.74 Å². The monoisotopic (exact) mass is 280 g/mol. The molecule has 1 aliphatic rings. The van der Waals surface area contributed by atoms with Crippen LogP contribution in [0.1, 0.15) is 35.2 Å². The summed E-state index contributed by atoms with van der Waals surface area (Å²) >= 11 is 0. The van der Waals surface area contributed by atoms with Crippen molar-refractivity contribution in [3.63, 3.8) is 0 Å². The summed E-state index contributed by atoms with van der Waals surface area (Å²) in [5, 5.41) is 10.8. The standard InChI is InChI=1S/C13H16N2O5/c1-9-10(5-4-6-11(9)15(17)18)13(16)14-20-12-7-2-3-8-19-12/h4-6,12H,2-3,7-8H2,1H3,(H,14,16)/t12-/m0/s1. The molecule has 1 heterocycles. The average Bonchev–Trinajstić information content (AvgIpc) is 2.46. The van der Waals surface area contributed by atoms with Crippen molar-refractivity contribution in [2.75, 3.05) is 6.61 Å². The molecule has 0 aromatic heterocycles. The van der Waals surface area contributed by atoms with Gasteiger partial charge in [0.25, 0.3) is 11.6 Å². The molecule has 1 aromatic carbocycles. The lowest BCUT2D eigenvalue weighted by atomic mass is 10.1. The second-order valence-electron chi connectivity index (χ2n) is 4.55. The normalized spacial score (nSPS) is 18.6. The van der Waals surface area contributed by atoms with Gasteiger partial charge >= 0.3 is 0 Å². The lowest BCUT2D eigenvalue weighted by molar-refractivity contribution is -0.385. The fraction of sp³-hybridized carbons (Fsp3) is 0.462. The number of nitrogens with zero attached hydrogens (tertiary/aromatic N) is 1. The molecule has 1 atom stereocenters. The lowest BCUT2D eigenvalue weighted by Gasteiger charge is -2.22. The third-order valence-electron chi connectivity index (χ3n) is 3.17. The zero-order valence-electron chi connectivity index (χ0n) is 11.1. The van der Waals surface area contributed by atoms with Crippen LogP contribution in [0.2, 0.25) is 0 Å². The van der Waals surface area contributed by atoms with Crippen LogP contribution >= 0.6 is 0 Å². The van der Waals surface area contributed by atoms with Gasteiger partial charge in [-0.05, 0) is 25.8 Å². The van der Waals surface area contributed by atoms with Crippen molar-refractivity contribution >= 4 is 11.6 Å². The Morgan fingerprint density at radius 2 is 2.30 bits per heavy atom. The van der Waals surface area contributed by atoms with Gasteiger partial charge in [0.2, 0.25) is 0 Å². The summed E-state index contributed by atoms with van der Waals surface area (Å²) in [6, 6.07) is 4.34. The molecule has 0 saturated carbocycles. The van der Waals surface area contributed by atoms with Crippen molar-refractivity contribution in [3.05, 3.63) is 39.4 Å². The van der Waals surface area contributed by atoms with Crippen LogP contribution in [0.4, 0.5) is 5.69 Å². The number of nitrogens with one attached hydrogen (secondary N) is 1. The van der Waals surface area contributed by atoms with Gasteiger partial charge in [0.1, 0.15) is 0 Å². The van der Waals surface area contributed by atoms with Crippen molar-refractivity contribution in [2.45, 2.75) is 32.5 Å². The van der Waals surface area contributed by atoms with Crippen LogP contribution in [-0.4, -0.2) is 23.7 Å². The van der Waals surface area contributed by atoms with E-state index >= 15 is 0 Å². The van der Waals surface area contributed by atoms with E-state index in [9.17, 15) is 14.9 Å². The smallest absolute Gasteiger partial charge is 0.275 e. The van der Waals surface area contributed by atoms with Crippen LogP contribution in [0.3, 0.4) is 0 Å². The number of nitro benzene ring substituents is 1. The maximum absolute atomic E-state index is 12.0. The molecule has 1 saturated heterocycles. The first-order valence-electron chi connectivity index (χ1n) is 6.41. The van der Waals surface area contributed by atoms with Crippen LogP contribution in [0.25, 0.3) is 0 Å². The number of hydroxylamine groups is 1. The minimum absolute atomic E-state index is 0.0911. The van der Waals surface area contributed by atoms with Gasteiger partial charge in [0, 0.05) is 24.7 Å². The molecule has 0 aliphatic carbocycles.